The van der Waals surface area contributed by atoms with Gasteiger partial charge in [-0.25, -0.2) is 8.78 Å². The van der Waals surface area contributed by atoms with Gasteiger partial charge in [0.1, 0.15) is 17.4 Å². The molecule has 0 bridgehead atoms. The summed E-state index contributed by atoms with van der Waals surface area (Å²) in [5.41, 5.74) is 2.07. The second-order valence-corrected chi connectivity index (χ2v) is 5.71. The highest BCUT2D eigenvalue weighted by Crippen LogP contribution is 2.31. The summed E-state index contributed by atoms with van der Waals surface area (Å²) in [6.07, 6.45) is 0. The van der Waals surface area contributed by atoms with E-state index < -0.39 is 11.6 Å². The molecule has 0 amide bonds. The van der Waals surface area contributed by atoms with Crippen LogP contribution in [0, 0.1) is 18.6 Å². The zero-order valence-corrected chi connectivity index (χ0v) is 13.6. The predicted octanol–water partition coefficient (Wildman–Crippen LogP) is 5.22. The van der Waals surface area contributed by atoms with Crippen LogP contribution in [0.5, 0.6) is 5.75 Å². The normalized spacial score (nSPS) is 12.1. The first kappa shape index (κ1) is 15.8. The Morgan fingerprint density at radius 2 is 1.86 bits per heavy atom. The SMILES string of the molecule is COc1cc(C)ccc1C(C)Nc1cc(F)c(Br)cc1F. The molecule has 0 saturated carbocycles. The molecule has 1 atom stereocenters. The molecule has 2 aromatic rings. The van der Waals surface area contributed by atoms with Crippen LogP contribution in [-0.4, -0.2) is 7.11 Å². The lowest BCUT2D eigenvalue weighted by Gasteiger charge is -2.19. The molecule has 5 heteroatoms. The molecular weight excluding hydrogens is 340 g/mol. The molecule has 0 fully saturated rings. The van der Waals surface area contributed by atoms with Crippen LogP contribution < -0.4 is 10.1 Å². The van der Waals surface area contributed by atoms with Crippen LogP contribution in [-0.2, 0) is 0 Å². The summed E-state index contributed by atoms with van der Waals surface area (Å²) >= 11 is 2.96. The number of benzene rings is 2. The molecule has 0 radical (unpaired) electrons. The van der Waals surface area contributed by atoms with E-state index in [0.717, 1.165) is 23.3 Å². The highest BCUT2D eigenvalue weighted by molar-refractivity contribution is 9.10. The number of ether oxygens (including phenoxy) is 1. The highest BCUT2D eigenvalue weighted by Gasteiger charge is 2.15. The van der Waals surface area contributed by atoms with E-state index in [9.17, 15) is 8.78 Å². The zero-order chi connectivity index (χ0) is 15.6. The van der Waals surface area contributed by atoms with E-state index in [-0.39, 0.29) is 16.2 Å². The quantitative estimate of drug-likeness (QED) is 0.759. The van der Waals surface area contributed by atoms with Gasteiger partial charge in [0.2, 0.25) is 0 Å². The van der Waals surface area contributed by atoms with Crippen molar-refractivity contribution in [2.45, 2.75) is 19.9 Å². The van der Waals surface area contributed by atoms with Crippen molar-refractivity contribution < 1.29 is 13.5 Å². The average Bonchev–Trinajstić information content (AvgIpc) is 2.44. The van der Waals surface area contributed by atoms with Crippen LogP contribution in [0.4, 0.5) is 14.5 Å². The number of rotatable bonds is 4. The average molecular weight is 356 g/mol. The van der Waals surface area contributed by atoms with Crippen molar-refractivity contribution in [1.82, 2.24) is 0 Å². The third kappa shape index (κ3) is 3.53. The Balaban J connectivity index is 2.30. The van der Waals surface area contributed by atoms with Gasteiger partial charge in [-0.2, -0.15) is 0 Å². The maximum atomic E-state index is 13.9. The molecule has 2 aromatic carbocycles. The van der Waals surface area contributed by atoms with Crippen molar-refractivity contribution in [3.05, 3.63) is 57.6 Å². The summed E-state index contributed by atoms with van der Waals surface area (Å²) in [6, 6.07) is 7.79. The zero-order valence-electron chi connectivity index (χ0n) is 12.0. The van der Waals surface area contributed by atoms with Crippen molar-refractivity contribution in [2.24, 2.45) is 0 Å². The van der Waals surface area contributed by atoms with Gasteiger partial charge < -0.3 is 10.1 Å². The topological polar surface area (TPSA) is 21.3 Å². The number of nitrogens with one attached hydrogen (secondary N) is 1. The first-order chi connectivity index (χ1) is 9.92. The molecule has 0 aliphatic heterocycles. The van der Waals surface area contributed by atoms with Crippen LogP contribution in [0.2, 0.25) is 0 Å². The van der Waals surface area contributed by atoms with Gasteiger partial charge in [0.05, 0.1) is 23.3 Å². The smallest absolute Gasteiger partial charge is 0.147 e. The first-order valence-electron chi connectivity index (χ1n) is 6.48. The van der Waals surface area contributed by atoms with E-state index in [2.05, 4.69) is 21.2 Å². The van der Waals surface area contributed by atoms with Gasteiger partial charge in [-0.1, -0.05) is 12.1 Å². The molecule has 2 nitrogen and oxygen atoms in total. The maximum absolute atomic E-state index is 13.9. The molecule has 0 aromatic heterocycles. The second kappa shape index (κ2) is 6.43. The Bertz CT molecular complexity index is 661. The molecule has 112 valence electrons. The molecule has 0 spiro atoms. The van der Waals surface area contributed by atoms with Crippen LogP contribution in [0.15, 0.2) is 34.8 Å². The summed E-state index contributed by atoms with van der Waals surface area (Å²) in [4.78, 5) is 0. The lowest BCUT2D eigenvalue weighted by molar-refractivity contribution is 0.407. The number of halogens is 3. The molecule has 0 aliphatic rings. The van der Waals surface area contributed by atoms with Gasteiger partial charge in [0.25, 0.3) is 0 Å². The summed E-state index contributed by atoms with van der Waals surface area (Å²) in [5, 5.41) is 2.97. The van der Waals surface area contributed by atoms with E-state index in [1.165, 1.54) is 0 Å². The lowest BCUT2D eigenvalue weighted by Crippen LogP contribution is -2.10. The van der Waals surface area contributed by atoms with E-state index in [1.54, 1.807) is 7.11 Å². The van der Waals surface area contributed by atoms with Crippen molar-refractivity contribution in [3.8, 4) is 5.75 Å². The number of methoxy groups -OCH3 is 1. The summed E-state index contributed by atoms with van der Waals surface area (Å²) in [5.74, 6) is -0.309. The number of anilines is 1. The minimum Gasteiger partial charge on any atom is -0.496 e. The maximum Gasteiger partial charge on any atom is 0.147 e. The van der Waals surface area contributed by atoms with Crippen LogP contribution in [0.1, 0.15) is 24.1 Å². The Morgan fingerprint density at radius 3 is 2.52 bits per heavy atom. The van der Waals surface area contributed by atoms with Crippen LogP contribution in [0.25, 0.3) is 0 Å². The summed E-state index contributed by atoms with van der Waals surface area (Å²) in [7, 11) is 1.59. The van der Waals surface area contributed by atoms with Gasteiger partial charge >= 0.3 is 0 Å². The Labute approximate surface area is 131 Å². The van der Waals surface area contributed by atoms with E-state index in [0.29, 0.717) is 5.75 Å². The van der Waals surface area contributed by atoms with Gasteiger partial charge in [-0.05, 0) is 47.5 Å². The van der Waals surface area contributed by atoms with Crippen molar-refractivity contribution in [1.29, 1.82) is 0 Å². The minimum atomic E-state index is -0.513. The summed E-state index contributed by atoms with van der Waals surface area (Å²) < 4.78 is 32.8. The Morgan fingerprint density at radius 1 is 1.14 bits per heavy atom. The number of aryl methyl sites for hydroxylation is 1. The van der Waals surface area contributed by atoms with Crippen LogP contribution in [0.3, 0.4) is 0 Å². The predicted molar refractivity (Wildman–Crippen MR) is 83.8 cm³/mol. The molecule has 1 unspecified atom stereocenters. The van der Waals surface area contributed by atoms with E-state index in [1.807, 2.05) is 32.0 Å². The highest BCUT2D eigenvalue weighted by atomic mass is 79.9. The lowest BCUT2D eigenvalue weighted by atomic mass is 10.0. The molecule has 21 heavy (non-hydrogen) atoms. The summed E-state index contributed by atoms with van der Waals surface area (Å²) in [6.45, 7) is 3.83. The Hall–Kier alpha value is -1.62. The molecule has 0 saturated heterocycles. The van der Waals surface area contributed by atoms with Crippen molar-refractivity contribution in [2.75, 3.05) is 12.4 Å². The molecule has 2 rings (SSSR count). The third-order valence-corrected chi connectivity index (χ3v) is 3.85. The Kier molecular flexibility index (Phi) is 4.83. The molecule has 0 aliphatic carbocycles. The van der Waals surface area contributed by atoms with Crippen molar-refractivity contribution >= 4 is 21.6 Å². The van der Waals surface area contributed by atoms with Crippen LogP contribution >= 0.6 is 15.9 Å². The van der Waals surface area contributed by atoms with E-state index in [4.69, 9.17) is 4.74 Å². The van der Waals surface area contributed by atoms with E-state index >= 15 is 0 Å². The first-order valence-corrected chi connectivity index (χ1v) is 7.27. The fourth-order valence-electron chi connectivity index (χ4n) is 2.12. The second-order valence-electron chi connectivity index (χ2n) is 4.86. The van der Waals surface area contributed by atoms with Gasteiger partial charge in [-0.15, -0.1) is 0 Å². The fraction of sp³-hybridized carbons (Fsp3) is 0.250. The number of hydrogen-bond acceptors (Lipinski definition) is 2. The third-order valence-electron chi connectivity index (χ3n) is 3.24. The fourth-order valence-corrected chi connectivity index (χ4v) is 2.44. The molecular formula is C16H16BrF2NO. The van der Waals surface area contributed by atoms with Gasteiger partial charge in [-0.3, -0.25) is 0 Å². The molecule has 0 heterocycles. The monoisotopic (exact) mass is 355 g/mol. The van der Waals surface area contributed by atoms with Crippen molar-refractivity contribution in [3.63, 3.8) is 0 Å². The molecule has 1 N–H and O–H groups in total. The van der Waals surface area contributed by atoms with Gasteiger partial charge in [0.15, 0.2) is 0 Å². The standard InChI is InChI=1S/C16H16BrF2NO/c1-9-4-5-11(16(6-9)21-3)10(2)20-15-8-13(18)12(17)7-14(15)19/h4-8,10,20H,1-3H3. The van der Waals surface area contributed by atoms with Gasteiger partial charge in [0, 0.05) is 11.6 Å². The minimum absolute atomic E-state index is 0.103. The largest absolute Gasteiger partial charge is 0.496 e. The number of hydrogen-bond donors (Lipinski definition) is 1.